The number of ether oxygens (including phenoxy) is 2. The van der Waals surface area contributed by atoms with Gasteiger partial charge in [-0.3, -0.25) is 9.59 Å². The van der Waals surface area contributed by atoms with Gasteiger partial charge in [-0.1, -0.05) is 43.7 Å². The molecule has 1 fully saturated rings. The van der Waals surface area contributed by atoms with Crippen LogP contribution in [-0.2, 0) is 25.7 Å². The monoisotopic (exact) mass is 507 g/mol. The van der Waals surface area contributed by atoms with Crippen LogP contribution in [-0.4, -0.2) is 71.7 Å². The molecule has 10 nitrogen and oxygen atoms in total. The van der Waals surface area contributed by atoms with Crippen molar-refractivity contribution < 1.29 is 34.1 Å². The van der Waals surface area contributed by atoms with Crippen LogP contribution in [0, 0.1) is 11.8 Å². The Kier molecular flexibility index (Phi) is 11.6. The van der Waals surface area contributed by atoms with Gasteiger partial charge in [-0.25, -0.2) is 4.79 Å². The molecule has 1 aliphatic rings. The Bertz CT molecular complexity index is 844. The van der Waals surface area contributed by atoms with E-state index in [1.165, 1.54) is 0 Å². The van der Waals surface area contributed by atoms with E-state index in [9.17, 15) is 24.6 Å². The molecule has 36 heavy (non-hydrogen) atoms. The van der Waals surface area contributed by atoms with Crippen LogP contribution in [0.15, 0.2) is 30.3 Å². The fourth-order valence-electron chi connectivity index (χ4n) is 3.74. The Morgan fingerprint density at radius 3 is 2.44 bits per heavy atom. The van der Waals surface area contributed by atoms with Crippen molar-refractivity contribution in [2.24, 2.45) is 11.8 Å². The number of rotatable bonds is 14. The first-order valence-electron chi connectivity index (χ1n) is 12.5. The lowest BCUT2D eigenvalue weighted by Gasteiger charge is -2.27. The van der Waals surface area contributed by atoms with E-state index in [-0.39, 0.29) is 31.0 Å². The van der Waals surface area contributed by atoms with Crippen molar-refractivity contribution in [2.45, 2.75) is 77.4 Å². The standard InChI is InChI=1S/C26H41N3O7/c1-5-6-12-27-23(32)19-13-18(19)22(31)20(14-30)28-24(33)21(29-25(34)36-26(2,3)4)16-35-15-17-10-8-7-9-11-17/h7-11,18-22,30-31H,5-6,12-16H2,1-4H3,(H,27,32)(H,28,33)(H,29,34)/t18-,19+,20+,21+,22-/m1/s1. The van der Waals surface area contributed by atoms with Gasteiger partial charge in [0.05, 0.1) is 32.0 Å². The largest absolute Gasteiger partial charge is 0.444 e. The molecule has 0 radical (unpaired) electrons. The minimum absolute atomic E-state index is 0.130. The summed E-state index contributed by atoms with van der Waals surface area (Å²) < 4.78 is 10.9. The molecule has 5 N–H and O–H groups in total. The van der Waals surface area contributed by atoms with E-state index in [0.29, 0.717) is 13.0 Å². The Morgan fingerprint density at radius 1 is 1.14 bits per heavy atom. The summed E-state index contributed by atoms with van der Waals surface area (Å²) in [5, 5.41) is 28.5. The highest BCUT2D eigenvalue weighted by molar-refractivity contribution is 5.86. The maximum absolute atomic E-state index is 13.0. The smallest absolute Gasteiger partial charge is 0.408 e. The zero-order valence-electron chi connectivity index (χ0n) is 21.7. The SMILES string of the molecule is CCCCNC(=O)[C@H]1C[C@H]1[C@@H](O)[C@H](CO)NC(=O)[C@H](COCc1ccccc1)NC(=O)OC(C)(C)C. The van der Waals surface area contributed by atoms with Crippen molar-refractivity contribution in [3.05, 3.63) is 35.9 Å². The highest BCUT2D eigenvalue weighted by atomic mass is 16.6. The second kappa shape index (κ2) is 14.2. The van der Waals surface area contributed by atoms with Crippen molar-refractivity contribution in [3.63, 3.8) is 0 Å². The quantitative estimate of drug-likeness (QED) is 0.240. The predicted octanol–water partition coefficient (Wildman–Crippen LogP) is 1.49. The third-order valence-electron chi connectivity index (χ3n) is 5.78. The van der Waals surface area contributed by atoms with Crippen molar-refractivity contribution in [1.29, 1.82) is 0 Å². The molecule has 0 saturated heterocycles. The molecule has 1 aliphatic carbocycles. The zero-order chi connectivity index (χ0) is 26.7. The third-order valence-corrected chi connectivity index (χ3v) is 5.78. The van der Waals surface area contributed by atoms with Crippen LogP contribution in [0.4, 0.5) is 4.79 Å². The van der Waals surface area contributed by atoms with E-state index >= 15 is 0 Å². The second-order valence-corrected chi connectivity index (χ2v) is 10.1. The van der Waals surface area contributed by atoms with Crippen LogP contribution in [0.25, 0.3) is 0 Å². The molecule has 0 unspecified atom stereocenters. The first-order chi connectivity index (χ1) is 17.1. The fourth-order valence-corrected chi connectivity index (χ4v) is 3.74. The third kappa shape index (κ3) is 10.1. The van der Waals surface area contributed by atoms with Gasteiger partial charge in [0.15, 0.2) is 0 Å². The number of hydrogen-bond donors (Lipinski definition) is 5. The molecule has 0 aromatic heterocycles. The van der Waals surface area contributed by atoms with E-state index in [1.54, 1.807) is 20.8 Å². The number of hydrogen-bond acceptors (Lipinski definition) is 7. The number of carbonyl (C=O) groups is 3. The molecule has 1 aromatic carbocycles. The first kappa shape index (κ1) is 29.5. The Hall–Kier alpha value is -2.69. The summed E-state index contributed by atoms with van der Waals surface area (Å²) in [6.45, 7) is 7.27. The van der Waals surface area contributed by atoms with Gasteiger partial charge in [0.2, 0.25) is 11.8 Å². The van der Waals surface area contributed by atoms with Crippen LogP contribution < -0.4 is 16.0 Å². The van der Waals surface area contributed by atoms with Crippen LogP contribution >= 0.6 is 0 Å². The van der Waals surface area contributed by atoms with Gasteiger partial charge in [-0.2, -0.15) is 0 Å². The molecule has 0 aliphatic heterocycles. The van der Waals surface area contributed by atoms with Crippen molar-refractivity contribution in [2.75, 3.05) is 19.8 Å². The number of benzene rings is 1. The van der Waals surface area contributed by atoms with Gasteiger partial charge >= 0.3 is 6.09 Å². The summed E-state index contributed by atoms with van der Waals surface area (Å²) in [4.78, 5) is 37.6. The average Bonchev–Trinajstić information content (AvgIpc) is 3.62. The number of aliphatic hydroxyl groups is 2. The first-order valence-corrected chi connectivity index (χ1v) is 12.5. The Labute approximate surface area is 213 Å². The highest BCUT2D eigenvalue weighted by Crippen LogP contribution is 2.42. The molecule has 10 heteroatoms. The van der Waals surface area contributed by atoms with Crippen molar-refractivity contribution in [3.8, 4) is 0 Å². The van der Waals surface area contributed by atoms with Gasteiger partial charge in [-0.15, -0.1) is 0 Å². The summed E-state index contributed by atoms with van der Waals surface area (Å²) in [6.07, 6.45) is 0.403. The molecule has 5 atom stereocenters. The van der Waals surface area contributed by atoms with Crippen molar-refractivity contribution in [1.82, 2.24) is 16.0 Å². The Morgan fingerprint density at radius 2 is 1.83 bits per heavy atom. The molecule has 0 spiro atoms. The summed E-state index contributed by atoms with van der Waals surface area (Å²) >= 11 is 0. The summed E-state index contributed by atoms with van der Waals surface area (Å²) in [5.41, 5.74) is 0.132. The van der Waals surface area contributed by atoms with E-state index in [4.69, 9.17) is 9.47 Å². The maximum Gasteiger partial charge on any atom is 0.408 e. The summed E-state index contributed by atoms with van der Waals surface area (Å²) in [5.74, 6) is -1.49. The molecule has 2 rings (SSSR count). The minimum Gasteiger partial charge on any atom is -0.444 e. The van der Waals surface area contributed by atoms with Crippen LogP contribution in [0.3, 0.4) is 0 Å². The molecule has 1 saturated carbocycles. The summed E-state index contributed by atoms with van der Waals surface area (Å²) in [7, 11) is 0. The van der Waals surface area contributed by atoms with E-state index in [2.05, 4.69) is 16.0 Å². The Balaban J connectivity index is 1.97. The molecular formula is C26H41N3O7. The van der Waals surface area contributed by atoms with Gasteiger partial charge in [-0.05, 0) is 45.1 Å². The number of nitrogens with one attached hydrogen (secondary N) is 3. The second-order valence-electron chi connectivity index (χ2n) is 10.1. The lowest BCUT2D eigenvalue weighted by molar-refractivity contribution is -0.127. The number of carbonyl (C=O) groups excluding carboxylic acids is 3. The molecule has 1 aromatic rings. The maximum atomic E-state index is 13.0. The van der Waals surface area contributed by atoms with Crippen LogP contribution in [0.2, 0.25) is 0 Å². The van der Waals surface area contributed by atoms with Crippen LogP contribution in [0.5, 0.6) is 0 Å². The lowest BCUT2D eigenvalue weighted by Crippen LogP contribution is -2.56. The van der Waals surface area contributed by atoms with Crippen molar-refractivity contribution >= 4 is 17.9 Å². The minimum atomic E-state index is -1.13. The average molecular weight is 508 g/mol. The fraction of sp³-hybridized carbons (Fsp3) is 0.654. The van der Waals surface area contributed by atoms with E-state index < -0.39 is 42.4 Å². The molecular weight excluding hydrogens is 466 g/mol. The lowest BCUT2D eigenvalue weighted by atomic mass is 10.0. The summed E-state index contributed by atoms with van der Waals surface area (Å²) in [6, 6.07) is 7.22. The number of amides is 3. The van der Waals surface area contributed by atoms with Gasteiger partial charge in [0.1, 0.15) is 11.6 Å². The number of unbranched alkanes of at least 4 members (excludes halogenated alkanes) is 1. The predicted molar refractivity (Wildman–Crippen MR) is 134 cm³/mol. The highest BCUT2D eigenvalue weighted by Gasteiger charge is 2.49. The van der Waals surface area contributed by atoms with Crippen LogP contribution in [0.1, 0.15) is 52.5 Å². The molecule has 0 bridgehead atoms. The number of aliphatic hydroxyl groups excluding tert-OH is 2. The van der Waals surface area contributed by atoms with Gasteiger partial charge < -0.3 is 35.6 Å². The normalized spacial score (nSPS) is 19.5. The van der Waals surface area contributed by atoms with Gasteiger partial charge in [0.25, 0.3) is 0 Å². The van der Waals surface area contributed by atoms with E-state index in [0.717, 1.165) is 18.4 Å². The molecule has 0 heterocycles. The van der Waals surface area contributed by atoms with E-state index in [1.807, 2.05) is 37.3 Å². The van der Waals surface area contributed by atoms with Gasteiger partial charge in [0, 0.05) is 12.5 Å². The number of alkyl carbamates (subject to hydrolysis) is 1. The zero-order valence-corrected chi connectivity index (χ0v) is 21.7. The molecule has 202 valence electrons. The molecule has 3 amide bonds. The topological polar surface area (TPSA) is 146 Å².